The van der Waals surface area contributed by atoms with Crippen LogP contribution in [0.15, 0.2) is 24.4 Å². The summed E-state index contributed by atoms with van der Waals surface area (Å²) in [6.07, 6.45) is 1.46. The molecule has 0 spiro atoms. The number of rotatable bonds is 2. The van der Waals surface area contributed by atoms with Gasteiger partial charge in [0.15, 0.2) is 0 Å². The van der Waals surface area contributed by atoms with E-state index in [9.17, 15) is 0 Å². The van der Waals surface area contributed by atoms with Gasteiger partial charge in [-0.3, -0.25) is 0 Å². The second kappa shape index (κ2) is 4.18. The molecule has 0 fully saturated rings. The predicted octanol–water partition coefficient (Wildman–Crippen LogP) is 1.64. The molecule has 0 atom stereocenters. The van der Waals surface area contributed by atoms with Crippen molar-refractivity contribution in [2.24, 2.45) is 0 Å². The number of methoxy groups -OCH3 is 1. The van der Waals surface area contributed by atoms with Crippen molar-refractivity contribution in [1.82, 2.24) is 9.78 Å². The van der Waals surface area contributed by atoms with Crippen molar-refractivity contribution >= 4 is 5.82 Å². The van der Waals surface area contributed by atoms with E-state index < -0.39 is 0 Å². The molecule has 1 heterocycles. The molecule has 2 aromatic rings. The molecule has 1 aromatic carbocycles. The average molecular weight is 228 g/mol. The van der Waals surface area contributed by atoms with Gasteiger partial charge in [0.2, 0.25) is 0 Å². The van der Waals surface area contributed by atoms with E-state index in [1.807, 2.05) is 31.2 Å². The molecule has 86 valence electrons. The number of hydrogen-bond donors (Lipinski definition) is 1. The Hall–Kier alpha value is -2.48. The second-order valence-corrected chi connectivity index (χ2v) is 3.62. The number of nitrogen functional groups attached to an aromatic ring is 1. The lowest BCUT2D eigenvalue weighted by Gasteiger charge is -2.09. The number of nitrogens with two attached hydrogens (primary N) is 1. The van der Waals surface area contributed by atoms with Crippen LogP contribution in [0, 0.1) is 18.3 Å². The topological polar surface area (TPSA) is 76.9 Å². The Labute approximate surface area is 99.0 Å². The summed E-state index contributed by atoms with van der Waals surface area (Å²) in [5, 5.41) is 12.9. The molecule has 2 N–H and O–H groups in total. The first-order chi connectivity index (χ1) is 8.17. The quantitative estimate of drug-likeness (QED) is 0.847. The zero-order chi connectivity index (χ0) is 12.4. The lowest BCUT2D eigenvalue weighted by molar-refractivity contribution is 0.414. The molecule has 0 amide bonds. The van der Waals surface area contributed by atoms with Crippen molar-refractivity contribution in [1.29, 1.82) is 5.26 Å². The van der Waals surface area contributed by atoms with E-state index in [4.69, 9.17) is 15.7 Å². The summed E-state index contributed by atoms with van der Waals surface area (Å²) >= 11 is 0. The molecule has 5 nitrogen and oxygen atoms in total. The van der Waals surface area contributed by atoms with Crippen LogP contribution in [-0.2, 0) is 0 Å². The highest BCUT2D eigenvalue weighted by molar-refractivity contribution is 5.55. The lowest BCUT2D eigenvalue weighted by Crippen LogP contribution is -2.04. The van der Waals surface area contributed by atoms with E-state index in [1.165, 1.54) is 6.20 Å². The molecule has 1 aromatic heterocycles. The fraction of sp³-hybridized carbons (Fsp3) is 0.167. The first kappa shape index (κ1) is 11.0. The van der Waals surface area contributed by atoms with Gasteiger partial charge in [-0.25, -0.2) is 4.68 Å². The van der Waals surface area contributed by atoms with Gasteiger partial charge in [0.25, 0.3) is 0 Å². The van der Waals surface area contributed by atoms with Crippen molar-refractivity contribution in [3.05, 3.63) is 35.5 Å². The molecule has 0 aliphatic rings. The minimum Gasteiger partial charge on any atom is -0.497 e. The first-order valence-corrected chi connectivity index (χ1v) is 5.06. The first-order valence-electron chi connectivity index (χ1n) is 5.06. The van der Waals surface area contributed by atoms with Gasteiger partial charge in [-0.15, -0.1) is 0 Å². The van der Waals surface area contributed by atoms with E-state index in [1.54, 1.807) is 11.8 Å². The van der Waals surface area contributed by atoms with Gasteiger partial charge in [0.05, 0.1) is 19.0 Å². The monoisotopic (exact) mass is 228 g/mol. The van der Waals surface area contributed by atoms with E-state index in [-0.39, 0.29) is 0 Å². The Morgan fingerprint density at radius 3 is 2.76 bits per heavy atom. The maximum atomic E-state index is 8.83. The van der Waals surface area contributed by atoms with Crippen LogP contribution in [0.1, 0.15) is 11.1 Å². The molecule has 5 heteroatoms. The van der Waals surface area contributed by atoms with Crippen molar-refractivity contribution in [3.63, 3.8) is 0 Å². The van der Waals surface area contributed by atoms with Crippen LogP contribution in [0.2, 0.25) is 0 Å². The highest BCUT2D eigenvalue weighted by atomic mass is 16.5. The van der Waals surface area contributed by atoms with E-state index in [0.29, 0.717) is 11.4 Å². The largest absolute Gasteiger partial charge is 0.497 e. The molecule has 0 aliphatic heterocycles. The van der Waals surface area contributed by atoms with Gasteiger partial charge in [-0.05, 0) is 30.7 Å². The summed E-state index contributed by atoms with van der Waals surface area (Å²) in [4.78, 5) is 0. The second-order valence-electron chi connectivity index (χ2n) is 3.62. The van der Waals surface area contributed by atoms with Crippen molar-refractivity contribution in [2.75, 3.05) is 12.8 Å². The fourth-order valence-electron chi connectivity index (χ4n) is 1.63. The van der Waals surface area contributed by atoms with Crippen molar-refractivity contribution in [3.8, 4) is 17.5 Å². The van der Waals surface area contributed by atoms with Gasteiger partial charge in [0, 0.05) is 0 Å². The summed E-state index contributed by atoms with van der Waals surface area (Å²) in [6.45, 7) is 1.94. The zero-order valence-corrected chi connectivity index (χ0v) is 9.64. The van der Waals surface area contributed by atoms with Crippen LogP contribution < -0.4 is 10.5 Å². The minimum absolute atomic E-state index is 0.348. The van der Waals surface area contributed by atoms with Gasteiger partial charge in [0.1, 0.15) is 23.2 Å². The molecule has 0 radical (unpaired) electrons. The number of hydrogen-bond acceptors (Lipinski definition) is 4. The summed E-state index contributed by atoms with van der Waals surface area (Å²) in [5.74, 6) is 1.12. The summed E-state index contributed by atoms with van der Waals surface area (Å²) in [5.41, 5.74) is 8.02. The van der Waals surface area contributed by atoms with Crippen LogP contribution in [0.3, 0.4) is 0 Å². The number of ether oxygens (including phenoxy) is 1. The minimum atomic E-state index is 0.348. The number of aromatic nitrogens is 2. The molecule has 17 heavy (non-hydrogen) atoms. The Morgan fingerprint density at radius 2 is 2.24 bits per heavy atom. The van der Waals surface area contributed by atoms with E-state index >= 15 is 0 Å². The maximum absolute atomic E-state index is 8.83. The van der Waals surface area contributed by atoms with Crippen LogP contribution >= 0.6 is 0 Å². The van der Waals surface area contributed by atoms with E-state index in [2.05, 4.69) is 5.10 Å². The van der Waals surface area contributed by atoms with E-state index in [0.717, 1.165) is 17.0 Å². The third-order valence-electron chi connectivity index (χ3n) is 2.56. The molecular formula is C12H12N4O. The third-order valence-corrected chi connectivity index (χ3v) is 2.56. The van der Waals surface area contributed by atoms with Gasteiger partial charge >= 0.3 is 0 Å². The average Bonchev–Trinajstić information content (AvgIpc) is 2.70. The normalized spacial score (nSPS) is 9.94. The zero-order valence-electron chi connectivity index (χ0n) is 9.64. The summed E-state index contributed by atoms with van der Waals surface area (Å²) in [7, 11) is 1.62. The lowest BCUT2D eigenvalue weighted by atomic mass is 10.2. The van der Waals surface area contributed by atoms with Crippen LogP contribution in [-0.4, -0.2) is 16.9 Å². The Kier molecular flexibility index (Phi) is 2.71. The number of nitriles is 1. The Bertz CT molecular complexity index is 595. The summed E-state index contributed by atoms with van der Waals surface area (Å²) in [6, 6.07) is 7.57. The Morgan fingerprint density at radius 1 is 1.47 bits per heavy atom. The predicted molar refractivity (Wildman–Crippen MR) is 64.0 cm³/mol. The molecular weight excluding hydrogens is 216 g/mol. The van der Waals surface area contributed by atoms with Crippen molar-refractivity contribution < 1.29 is 4.74 Å². The molecule has 0 bridgehead atoms. The van der Waals surface area contributed by atoms with Gasteiger partial charge in [-0.2, -0.15) is 10.4 Å². The Balaban J connectivity index is 2.54. The highest BCUT2D eigenvalue weighted by Gasteiger charge is 2.10. The summed E-state index contributed by atoms with van der Waals surface area (Å²) < 4.78 is 6.68. The number of aryl methyl sites for hydroxylation is 1. The fourth-order valence-corrected chi connectivity index (χ4v) is 1.63. The standard InChI is InChI=1S/C12H12N4O/c1-8-5-10(17-2)3-4-11(8)16-12(14)9(6-13)7-15-16/h3-5,7H,14H2,1-2H3. The third kappa shape index (κ3) is 1.81. The molecule has 0 unspecified atom stereocenters. The van der Waals surface area contributed by atoms with Gasteiger partial charge in [-0.1, -0.05) is 0 Å². The number of nitrogens with zero attached hydrogens (tertiary/aromatic N) is 3. The van der Waals surface area contributed by atoms with Crippen LogP contribution in [0.5, 0.6) is 5.75 Å². The smallest absolute Gasteiger partial charge is 0.145 e. The SMILES string of the molecule is COc1ccc(-n2ncc(C#N)c2N)c(C)c1. The van der Waals surface area contributed by atoms with Crippen LogP contribution in [0.25, 0.3) is 5.69 Å². The number of benzene rings is 1. The van der Waals surface area contributed by atoms with Crippen LogP contribution in [0.4, 0.5) is 5.82 Å². The van der Waals surface area contributed by atoms with Crippen molar-refractivity contribution in [2.45, 2.75) is 6.92 Å². The van der Waals surface area contributed by atoms with Gasteiger partial charge < -0.3 is 10.5 Å². The molecule has 2 rings (SSSR count). The number of anilines is 1. The highest BCUT2D eigenvalue weighted by Crippen LogP contribution is 2.23. The molecule has 0 saturated heterocycles. The maximum Gasteiger partial charge on any atom is 0.145 e. The molecule has 0 saturated carbocycles. The molecule has 0 aliphatic carbocycles.